The van der Waals surface area contributed by atoms with Crippen LogP contribution in [0.2, 0.25) is 0 Å². The number of quaternary nitrogens is 1. The van der Waals surface area contributed by atoms with E-state index in [1.54, 1.807) is 0 Å². The largest absolute Gasteiger partial charge is 0.219 e. The van der Waals surface area contributed by atoms with Crippen LogP contribution in [0, 0.1) is 5.92 Å². The molecule has 0 radical (unpaired) electrons. The maximum Gasteiger partial charge on any atom is 0.125 e. The van der Waals surface area contributed by atoms with Crippen molar-refractivity contribution in [1.82, 2.24) is 0 Å². The average molecular weight is 242 g/mol. The number of benzene rings is 1. The van der Waals surface area contributed by atoms with Gasteiger partial charge in [-0.25, -0.2) is 5.21 Å². The summed E-state index contributed by atoms with van der Waals surface area (Å²) in [6.45, 7) is 0.889. The molecule has 2 heteroatoms. The molecule has 2 N–H and O–H groups in total. The molecule has 1 aromatic rings. The molecule has 2 bridgehead atoms. The van der Waals surface area contributed by atoms with Gasteiger partial charge in [-0.05, 0) is 24.0 Å². The van der Waals surface area contributed by atoms with E-state index in [1.807, 2.05) is 0 Å². The van der Waals surface area contributed by atoms with Gasteiger partial charge in [0.05, 0.1) is 0 Å². The lowest BCUT2D eigenvalue weighted by molar-refractivity contribution is -1.11. The first-order valence-corrected chi connectivity index (χ1v) is 7.12. The zero-order valence-electron chi connectivity index (χ0n) is 10.6. The molecule has 3 aliphatic rings. The Kier molecular flexibility index (Phi) is 2.21. The molecule has 0 saturated carbocycles. The molecule has 1 aliphatic heterocycles. The predicted molar refractivity (Wildman–Crippen MR) is 69.7 cm³/mol. The minimum absolute atomic E-state index is 0.226. The number of nitrogens with one attached hydrogen (secondary N) is 1. The van der Waals surface area contributed by atoms with Crippen LogP contribution in [0.1, 0.15) is 30.4 Å². The monoisotopic (exact) mass is 242 g/mol. The first-order valence-electron chi connectivity index (χ1n) is 7.12. The zero-order chi connectivity index (χ0) is 12.2. The van der Waals surface area contributed by atoms with Crippen LogP contribution < -0.4 is 5.06 Å². The number of hydrogen-bond acceptors (Lipinski definition) is 1. The Hall–Kier alpha value is -1.12. The molecule has 0 amide bonds. The summed E-state index contributed by atoms with van der Waals surface area (Å²) >= 11 is 0. The van der Waals surface area contributed by atoms with Crippen molar-refractivity contribution < 1.29 is 10.3 Å². The fraction of sp³-hybridized carbons (Fsp3) is 0.500. The van der Waals surface area contributed by atoms with Crippen LogP contribution in [0.15, 0.2) is 36.4 Å². The van der Waals surface area contributed by atoms with E-state index in [4.69, 9.17) is 0 Å². The molecule has 4 rings (SSSR count). The molecule has 2 aliphatic carbocycles. The van der Waals surface area contributed by atoms with Gasteiger partial charge in [-0.15, -0.1) is 0 Å². The summed E-state index contributed by atoms with van der Waals surface area (Å²) in [6, 6.07) is 9.28. The quantitative estimate of drug-likeness (QED) is 0.662. The van der Waals surface area contributed by atoms with Gasteiger partial charge in [0, 0.05) is 24.2 Å². The van der Waals surface area contributed by atoms with Gasteiger partial charge >= 0.3 is 0 Å². The lowest BCUT2D eigenvalue weighted by Crippen LogP contribution is -3.17. The normalized spacial score (nSPS) is 41.1. The highest BCUT2D eigenvalue weighted by atomic mass is 16.5. The van der Waals surface area contributed by atoms with E-state index >= 15 is 0 Å². The molecular weight excluding hydrogens is 222 g/mol. The summed E-state index contributed by atoms with van der Waals surface area (Å²) < 4.78 is 0. The first-order chi connectivity index (χ1) is 8.81. The second-order valence-corrected chi connectivity index (χ2v) is 6.09. The molecule has 2 nitrogen and oxygen atoms in total. The molecule has 1 aromatic carbocycles. The zero-order valence-corrected chi connectivity index (χ0v) is 10.6. The molecule has 4 atom stereocenters. The topological polar surface area (TPSA) is 24.7 Å². The maximum absolute atomic E-state index is 10.3. The van der Waals surface area contributed by atoms with E-state index in [2.05, 4.69) is 36.4 Å². The number of fused-ring (bicyclic) bond motifs is 1. The number of piperidine rings is 1. The van der Waals surface area contributed by atoms with E-state index in [9.17, 15) is 5.21 Å². The summed E-state index contributed by atoms with van der Waals surface area (Å²) in [5.74, 6) is 0.631. The van der Waals surface area contributed by atoms with Gasteiger partial charge in [-0.2, -0.15) is 5.06 Å². The van der Waals surface area contributed by atoms with Crippen LogP contribution in [0.5, 0.6) is 0 Å². The van der Waals surface area contributed by atoms with E-state index < -0.39 is 0 Å². The highest BCUT2D eigenvalue weighted by Crippen LogP contribution is 2.49. The third-order valence-electron chi connectivity index (χ3n) is 5.39. The molecule has 0 aromatic heterocycles. The van der Waals surface area contributed by atoms with Crippen molar-refractivity contribution in [3.63, 3.8) is 0 Å². The highest BCUT2D eigenvalue weighted by Gasteiger charge is 2.54. The fourth-order valence-corrected chi connectivity index (χ4v) is 4.61. The van der Waals surface area contributed by atoms with Gasteiger partial charge < -0.3 is 0 Å². The number of hydroxylamine groups is 2. The Balaban J connectivity index is 1.95. The van der Waals surface area contributed by atoms with Crippen molar-refractivity contribution in [2.24, 2.45) is 5.92 Å². The van der Waals surface area contributed by atoms with Gasteiger partial charge in [0.25, 0.3) is 0 Å². The molecular formula is C16H20NO+. The van der Waals surface area contributed by atoms with Crippen LogP contribution in [-0.4, -0.2) is 17.8 Å². The minimum atomic E-state index is 0.226. The van der Waals surface area contributed by atoms with E-state index in [0.29, 0.717) is 12.0 Å². The molecule has 18 heavy (non-hydrogen) atoms. The molecule has 1 saturated heterocycles. The Morgan fingerprint density at radius 3 is 3.11 bits per heavy atom. The molecule has 1 fully saturated rings. The number of allylic oxidation sites excluding steroid dienone is 2. The van der Waals surface area contributed by atoms with Crippen LogP contribution >= 0.6 is 0 Å². The standard InChI is InChI=1S/C16H19NO/c18-17-10-9-16-8-4-3-7-14(16)15(17)11-12-5-1-2-6-13(12)16/h1-2,4-6,8,14-15,18H,3,7,9-11H2/p+1/t14-,15+,16-/m0/s1. The van der Waals surface area contributed by atoms with Gasteiger partial charge in [-0.3, -0.25) is 0 Å². The lowest BCUT2D eigenvalue weighted by Gasteiger charge is -2.52. The Bertz CT molecular complexity index is 510. The maximum atomic E-state index is 10.3. The first kappa shape index (κ1) is 10.8. The third kappa shape index (κ3) is 1.25. The van der Waals surface area contributed by atoms with Crippen molar-refractivity contribution in [3.05, 3.63) is 47.5 Å². The van der Waals surface area contributed by atoms with Crippen molar-refractivity contribution in [2.75, 3.05) is 6.54 Å². The van der Waals surface area contributed by atoms with E-state index in [-0.39, 0.29) is 5.41 Å². The van der Waals surface area contributed by atoms with Crippen molar-refractivity contribution >= 4 is 0 Å². The Morgan fingerprint density at radius 2 is 2.17 bits per heavy atom. The third-order valence-corrected chi connectivity index (χ3v) is 5.39. The van der Waals surface area contributed by atoms with Crippen molar-refractivity contribution in [3.8, 4) is 0 Å². The summed E-state index contributed by atoms with van der Waals surface area (Å²) in [7, 11) is 0. The van der Waals surface area contributed by atoms with E-state index in [1.165, 1.54) is 24.0 Å². The fourth-order valence-electron chi connectivity index (χ4n) is 4.61. The molecule has 1 heterocycles. The van der Waals surface area contributed by atoms with Crippen molar-refractivity contribution in [2.45, 2.75) is 37.1 Å². The smallest absolute Gasteiger partial charge is 0.125 e. The second kappa shape index (κ2) is 3.69. The summed E-state index contributed by atoms with van der Waals surface area (Å²) in [5, 5.41) is 11.0. The van der Waals surface area contributed by atoms with E-state index in [0.717, 1.165) is 24.4 Å². The minimum Gasteiger partial charge on any atom is -0.219 e. The van der Waals surface area contributed by atoms with Crippen LogP contribution in [0.3, 0.4) is 0 Å². The molecule has 1 unspecified atom stereocenters. The lowest BCUT2D eigenvalue weighted by atomic mass is 9.55. The molecule has 0 spiro atoms. The second-order valence-electron chi connectivity index (χ2n) is 6.09. The van der Waals surface area contributed by atoms with Gasteiger partial charge in [-0.1, -0.05) is 36.4 Å². The summed E-state index contributed by atoms with van der Waals surface area (Å²) in [6.07, 6.45) is 9.37. The van der Waals surface area contributed by atoms with Crippen LogP contribution in [0.25, 0.3) is 0 Å². The average Bonchev–Trinajstić information content (AvgIpc) is 2.43. The molecule has 94 valence electrons. The van der Waals surface area contributed by atoms with Gasteiger partial charge in [0.2, 0.25) is 0 Å². The highest BCUT2D eigenvalue weighted by molar-refractivity contribution is 5.44. The summed E-state index contributed by atoms with van der Waals surface area (Å²) in [4.78, 5) is 0. The van der Waals surface area contributed by atoms with Gasteiger partial charge in [0.15, 0.2) is 0 Å². The number of rotatable bonds is 0. The van der Waals surface area contributed by atoms with Crippen molar-refractivity contribution in [1.29, 1.82) is 0 Å². The van der Waals surface area contributed by atoms with Crippen LogP contribution in [-0.2, 0) is 11.8 Å². The summed E-state index contributed by atoms with van der Waals surface area (Å²) in [5.41, 5.74) is 3.22. The Morgan fingerprint density at radius 1 is 1.28 bits per heavy atom. The van der Waals surface area contributed by atoms with Gasteiger partial charge in [0.1, 0.15) is 12.6 Å². The SMILES string of the molecule is O[NH+]1CC[C@]23C=CCC[C@H]2[C@H]1Cc1ccccc13. The van der Waals surface area contributed by atoms with Crippen LogP contribution in [0.4, 0.5) is 0 Å². The Labute approximate surface area is 108 Å². The predicted octanol–water partition coefficient (Wildman–Crippen LogP) is 1.49. The number of hydrogen-bond donors (Lipinski definition) is 2.